The lowest BCUT2D eigenvalue weighted by atomic mass is 10.2. The maximum absolute atomic E-state index is 5.20. The van der Waals surface area contributed by atoms with Crippen LogP contribution in [0, 0.1) is 3.57 Å². The van der Waals surface area contributed by atoms with Gasteiger partial charge in [-0.3, -0.25) is 10.4 Å². The fourth-order valence-electron chi connectivity index (χ4n) is 1.37. The van der Waals surface area contributed by atoms with Crippen molar-refractivity contribution in [2.24, 2.45) is 5.10 Å². The molecule has 0 unspecified atom stereocenters. The van der Waals surface area contributed by atoms with Crippen molar-refractivity contribution in [2.75, 3.05) is 12.5 Å². The summed E-state index contributed by atoms with van der Waals surface area (Å²) in [4.78, 5) is 3.94. The second-order valence-corrected chi connectivity index (χ2v) is 4.66. The second kappa shape index (κ2) is 6.34. The van der Waals surface area contributed by atoms with Crippen molar-refractivity contribution in [3.8, 4) is 5.75 Å². The molecule has 1 N–H and O–H groups in total. The van der Waals surface area contributed by atoms with E-state index in [1.165, 1.54) is 0 Å². The third-order valence-corrected chi connectivity index (χ3v) is 3.11. The number of nitrogens with zero attached hydrogens (tertiary/aromatic N) is 2. The summed E-state index contributed by atoms with van der Waals surface area (Å²) in [6, 6.07) is 9.61. The first-order valence-corrected chi connectivity index (χ1v) is 6.40. The normalized spacial score (nSPS) is 10.6. The monoisotopic (exact) mass is 353 g/mol. The van der Waals surface area contributed by atoms with Gasteiger partial charge in [0.05, 0.1) is 22.6 Å². The van der Waals surface area contributed by atoms with Crippen LogP contribution in [0.2, 0.25) is 0 Å². The van der Waals surface area contributed by atoms with Gasteiger partial charge in [-0.25, -0.2) is 0 Å². The Bertz CT molecular complexity index is 543. The number of anilines is 1. The molecule has 1 heterocycles. The Hall–Kier alpha value is -1.63. The molecule has 0 saturated heterocycles. The van der Waals surface area contributed by atoms with Gasteiger partial charge in [0.1, 0.15) is 5.75 Å². The molecule has 0 spiro atoms. The molecule has 0 fully saturated rings. The molecular formula is C13H12IN3O. The number of benzene rings is 1. The van der Waals surface area contributed by atoms with Gasteiger partial charge >= 0.3 is 0 Å². The molecule has 0 aliphatic carbocycles. The number of hydrogen-bond donors (Lipinski definition) is 1. The topological polar surface area (TPSA) is 46.5 Å². The number of ether oxygens (including phenoxy) is 1. The van der Waals surface area contributed by atoms with E-state index < -0.39 is 0 Å². The molecule has 0 atom stereocenters. The van der Waals surface area contributed by atoms with Gasteiger partial charge in [0.2, 0.25) is 0 Å². The minimum absolute atomic E-state index is 0.870. The Morgan fingerprint density at radius 2 is 2.06 bits per heavy atom. The summed E-state index contributed by atoms with van der Waals surface area (Å²) in [6.45, 7) is 0. The number of hydrogen-bond acceptors (Lipinski definition) is 4. The highest BCUT2D eigenvalue weighted by Crippen LogP contribution is 2.20. The summed E-state index contributed by atoms with van der Waals surface area (Å²) in [5.74, 6) is 0.870. The number of hydrazone groups is 1. The number of methoxy groups -OCH3 is 1. The average Bonchev–Trinajstić information content (AvgIpc) is 2.40. The van der Waals surface area contributed by atoms with Gasteiger partial charge in [0, 0.05) is 12.4 Å². The van der Waals surface area contributed by atoms with Gasteiger partial charge in [-0.1, -0.05) is 0 Å². The van der Waals surface area contributed by atoms with Crippen molar-refractivity contribution in [3.05, 3.63) is 51.9 Å². The first-order chi connectivity index (χ1) is 8.79. The number of pyridine rings is 1. The zero-order chi connectivity index (χ0) is 12.8. The minimum Gasteiger partial charge on any atom is -0.496 e. The lowest BCUT2D eigenvalue weighted by molar-refractivity contribution is 0.412. The Morgan fingerprint density at radius 3 is 2.72 bits per heavy atom. The number of aromatic nitrogens is 1. The molecule has 2 aromatic rings. The van der Waals surface area contributed by atoms with E-state index in [-0.39, 0.29) is 0 Å². The number of halogens is 1. The van der Waals surface area contributed by atoms with Crippen LogP contribution in [-0.2, 0) is 0 Å². The zero-order valence-electron chi connectivity index (χ0n) is 9.80. The summed E-state index contributed by atoms with van der Waals surface area (Å²) in [5, 5.41) is 4.16. The molecule has 5 heteroatoms. The predicted molar refractivity (Wildman–Crippen MR) is 81.2 cm³/mol. The summed E-state index contributed by atoms with van der Waals surface area (Å²) in [7, 11) is 1.66. The van der Waals surface area contributed by atoms with Crippen molar-refractivity contribution in [1.29, 1.82) is 0 Å². The third-order valence-electron chi connectivity index (χ3n) is 2.26. The molecule has 1 aromatic heterocycles. The Labute approximate surface area is 119 Å². The van der Waals surface area contributed by atoms with Crippen LogP contribution >= 0.6 is 22.6 Å². The van der Waals surface area contributed by atoms with E-state index in [1.54, 1.807) is 25.7 Å². The van der Waals surface area contributed by atoms with Crippen LogP contribution in [0.4, 0.5) is 5.69 Å². The molecule has 0 aliphatic rings. The molecule has 18 heavy (non-hydrogen) atoms. The van der Waals surface area contributed by atoms with Crippen molar-refractivity contribution < 1.29 is 4.74 Å². The van der Waals surface area contributed by atoms with Crippen LogP contribution in [0.1, 0.15) is 5.56 Å². The van der Waals surface area contributed by atoms with Crippen molar-refractivity contribution in [1.82, 2.24) is 4.98 Å². The average molecular weight is 353 g/mol. The smallest absolute Gasteiger partial charge is 0.132 e. The van der Waals surface area contributed by atoms with Gasteiger partial charge in [0.15, 0.2) is 0 Å². The summed E-state index contributed by atoms with van der Waals surface area (Å²) >= 11 is 2.23. The van der Waals surface area contributed by atoms with Crippen molar-refractivity contribution >= 4 is 34.5 Å². The standard InChI is InChI=1S/C13H12IN3O/c1-18-13-3-2-10(8-12(13)14)9-16-17-11-4-6-15-7-5-11/h2-9H,1H3,(H,15,17)/b16-9+. The van der Waals surface area contributed by atoms with Crippen LogP contribution in [0.5, 0.6) is 5.75 Å². The van der Waals surface area contributed by atoms with Gasteiger partial charge in [-0.2, -0.15) is 5.10 Å². The van der Waals surface area contributed by atoms with E-state index in [0.29, 0.717) is 0 Å². The molecule has 0 saturated carbocycles. The predicted octanol–water partition coefficient (Wildman–Crippen LogP) is 3.14. The van der Waals surface area contributed by atoms with E-state index in [0.717, 1.165) is 20.6 Å². The molecule has 0 amide bonds. The third kappa shape index (κ3) is 3.43. The van der Waals surface area contributed by atoms with E-state index in [1.807, 2.05) is 30.3 Å². The van der Waals surface area contributed by atoms with Crippen LogP contribution in [0.25, 0.3) is 0 Å². The van der Waals surface area contributed by atoms with Gasteiger partial charge in [-0.15, -0.1) is 0 Å². The number of rotatable bonds is 4. The van der Waals surface area contributed by atoms with E-state index in [9.17, 15) is 0 Å². The van der Waals surface area contributed by atoms with E-state index in [2.05, 4.69) is 38.1 Å². The van der Waals surface area contributed by atoms with Crippen molar-refractivity contribution in [3.63, 3.8) is 0 Å². The fourth-order valence-corrected chi connectivity index (χ4v) is 2.13. The molecular weight excluding hydrogens is 341 g/mol. The Morgan fingerprint density at radius 1 is 1.28 bits per heavy atom. The van der Waals surface area contributed by atoms with Crippen LogP contribution in [0.3, 0.4) is 0 Å². The quantitative estimate of drug-likeness (QED) is 0.522. The maximum Gasteiger partial charge on any atom is 0.132 e. The minimum atomic E-state index is 0.870. The molecule has 2 rings (SSSR count). The number of nitrogens with one attached hydrogen (secondary N) is 1. The van der Waals surface area contributed by atoms with Crippen LogP contribution < -0.4 is 10.2 Å². The summed E-state index contributed by atoms with van der Waals surface area (Å²) in [5.41, 5.74) is 4.86. The summed E-state index contributed by atoms with van der Waals surface area (Å²) in [6.07, 6.45) is 5.20. The Kier molecular flexibility index (Phi) is 4.52. The van der Waals surface area contributed by atoms with Crippen molar-refractivity contribution in [2.45, 2.75) is 0 Å². The lowest BCUT2D eigenvalue weighted by Gasteiger charge is -2.03. The highest BCUT2D eigenvalue weighted by atomic mass is 127. The fraction of sp³-hybridized carbons (Fsp3) is 0.0769. The molecule has 4 nitrogen and oxygen atoms in total. The lowest BCUT2D eigenvalue weighted by Crippen LogP contribution is -1.92. The second-order valence-electron chi connectivity index (χ2n) is 3.50. The molecule has 0 radical (unpaired) electrons. The van der Waals surface area contributed by atoms with E-state index >= 15 is 0 Å². The highest BCUT2D eigenvalue weighted by molar-refractivity contribution is 14.1. The largest absolute Gasteiger partial charge is 0.496 e. The zero-order valence-corrected chi connectivity index (χ0v) is 12.0. The molecule has 0 bridgehead atoms. The molecule has 92 valence electrons. The Balaban J connectivity index is 2.03. The molecule has 0 aliphatic heterocycles. The first kappa shape index (κ1) is 12.8. The van der Waals surface area contributed by atoms with Crippen LogP contribution in [0.15, 0.2) is 47.8 Å². The van der Waals surface area contributed by atoms with E-state index in [4.69, 9.17) is 4.74 Å². The molecule has 1 aromatic carbocycles. The summed E-state index contributed by atoms with van der Waals surface area (Å²) < 4.78 is 6.26. The van der Waals surface area contributed by atoms with Gasteiger partial charge in [0.25, 0.3) is 0 Å². The SMILES string of the molecule is COc1ccc(/C=N/Nc2ccncc2)cc1I. The van der Waals surface area contributed by atoms with Gasteiger partial charge < -0.3 is 4.74 Å². The first-order valence-electron chi connectivity index (χ1n) is 5.32. The highest BCUT2D eigenvalue weighted by Gasteiger charge is 1.99. The van der Waals surface area contributed by atoms with Gasteiger partial charge in [-0.05, 0) is 58.5 Å². The maximum atomic E-state index is 5.20. The van der Waals surface area contributed by atoms with Crippen LogP contribution in [-0.4, -0.2) is 18.3 Å².